The first kappa shape index (κ1) is 10.8. The van der Waals surface area contributed by atoms with E-state index in [1.165, 1.54) is 0 Å². The second kappa shape index (κ2) is 6.47. The molecule has 12 heavy (non-hydrogen) atoms. The van der Waals surface area contributed by atoms with Crippen LogP contribution in [0.4, 0.5) is 0 Å². The van der Waals surface area contributed by atoms with E-state index in [4.69, 9.17) is 10.4 Å². The van der Waals surface area contributed by atoms with Crippen LogP contribution in [0.2, 0.25) is 0 Å². The van der Waals surface area contributed by atoms with Crippen molar-refractivity contribution in [1.29, 1.82) is 5.26 Å². The zero-order valence-corrected chi connectivity index (χ0v) is 7.21. The van der Waals surface area contributed by atoms with Crippen molar-refractivity contribution in [2.75, 3.05) is 0 Å². The predicted molar refractivity (Wildman–Crippen MR) is 44.3 cm³/mol. The normalized spacial score (nSPS) is 11.7. The van der Waals surface area contributed by atoms with Gasteiger partial charge in [-0.25, -0.2) is 4.79 Å². The van der Waals surface area contributed by atoms with Crippen molar-refractivity contribution in [3.8, 4) is 6.19 Å². The number of hydrogen-bond acceptors (Lipinski definition) is 3. The number of hydrogen-bond donors (Lipinski definition) is 2. The number of aliphatic carboxylic acids is 1. The third-order valence-corrected chi connectivity index (χ3v) is 1.63. The molecule has 0 amide bonds. The number of unbranched alkanes of at least 4 members (excludes halogenated alkanes) is 2. The van der Waals surface area contributed by atoms with E-state index in [9.17, 15) is 4.79 Å². The van der Waals surface area contributed by atoms with Crippen molar-refractivity contribution in [2.24, 2.45) is 0 Å². The summed E-state index contributed by atoms with van der Waals surface area (Å²) in [7, 11) is 0. The first-order valence-electron chi connectivity index (χ1n) is 4.09. The van der Waals surface area contributed by atoms with Crippen LogP contribution in [-0.4, -0.2) is 17.1 Å². The maximum atomic E-state index is 10.5. The summed E-state index contributed by atoms with van der Waals surface area (Å²) in [5.41, 5.74) is 0. The zero-order chi connectivity index (χ0) is 9.40. The zero-order valence-electron chi connectivity index (χ0n) is 7.21. The van der Waals surface area contributed by atoms with Gasteiger partial charge in [0, 0.05) is 0 Å². The molecule has 68 valence electrons. The maximum absolute atomic E-state index is 10.5. The van der Waals surface area contributed by atoms with Crippen LogP contribution in [0.3, 0.4) is 0 Å². The molecule has 1 atom stereocenters. The highest BCUT2D eigenvalue weighted by molar-refractivity contribution is 5.73. The Kier molecular flexibility index (Phi) is 5.80. The van der Waals surface area contributed by atoms with Gasteiger partial charge in [-0.05, 0) is 6.42 Å². The fourth-order valence-electron chi connectivity index (χ4n) is 0.934. The van der Waals surface area contributed by atoms with Gasteiger partial charge in [0.2, 0.25) is 0 Å². The van der Waals surface area contributed by atoms with E-state index >= 15 is 0 Å². The van der Waals surface area contributed by atoms with Crippen molar-refractivity contribution in [3.05, 3.63) is 0 Å². The Bertz CT molecular complexity index is 174. The van der Waals surface area contributed by atoms with Crippen LogP contribution in [0.5, 0.6) is 0 Å². The average molecular weight is 170 g/mol. The molecule has 0 aromatic carbocycles. The Morgan fingerprint density at radius 1 is 1.67 bits per heavy atom. The van der Waals surface area contributed by atoms with Crippen molar-refractivity contribution in [2.45, 2.75) is 38.6 Å². The van der Waals surface area contributed by atoms with Gasteiger partial charge in [-0.15, -0.1) is 0 Å². The standard InChI is InChI=1S/C8H14N2O2/c1-2-3-4-5-7(8(11)12)10-6-9/h7,10H,2-5H2,1H3,(H,11,12)/t7-/m0/s1. The van der Waals surface area contributed by atoms with Gasteiger partial charge < -0.3 is 10.4 Å². The van der Waals surface area contributed by atoms with Crippen LogP contribution in [0.1, 0.15) is 32.6 Å². The molecule has 0 fully saturated rings. The first-order chi connectivity index (χ1) is 5.72. The van der Waals surface area contributed by atoms with E-state index < -0.39 is 12.0 Å². The fraction of sp³-hybridized carbons (Fsp3) is 0.750. The lowest BCUT2D eigenvalue weighted by Crippen LogP contribution is -2.33. The Labute approximate surface area is 72.2 Å². The molecule has 0 bridgehead atoms. The number of carboxylic acid groups (broad SMARTS) is 1. The highest BCUT2D eigenvalue weighted by Gasteiger charge is 2.14. The van der Waals surface area contributed by atoms with Crippen LogP contribution in [-0.2, 0) is 4.79 Å². The molecule has 2 N–H and O–H groups in total. The molecule has 0 rings (SSSR count). The largest absolute Gasteiger partial charge is 0.480 e. The van der Waals surface area contributed by atoms with Crippen molar-refractivity contribution in [3.63, 3.8) is 0 Å². The quantitative estimate of drug-likeness (QED) is 0.355. The van der Waals surface area contributed by atoms with Crippen LogP contribution in [0.15, 0.2) is 0 Å². The van der Waals surface area contributed by atoms with E-state index in [0.717, 1.165) is 19.3 Å². The summed E-state index contributed by atoms with van der Waals surface area (Å²) >= 11 is 0. The van der Waals surface area contributed by atoms with Crippen LogP contribution in [0, 0.1) is 11.5 Å². The molecule has 0 unspecified atom stereocenters. The van der Waals surface area contributed by atoms with Crippen molar-refractivity contribution < 1.29 is 9.90 Å². The van der Waals surface area contributed by atoms with Crippen molar-refractivity contribution >= 4 is 5.97 Å². The summed E-state index contributed by atoms with van der Waals surface area (Å²) in [4.78, 5) is 10.5. The average Bonchev–Trinajstić information content (AvgIpc) is 2.03. The second-order valence-electron chi connectivity index (χ2n) is 2.64. The summed E-state index contributed by atoms with van der Waals surface area (Å²) in [6, 6.07) is -0.707. The molecular formula is C8H14N2O2. The molecule has 0 radical (unpaired) electrons. The maximum Gasteiger partial charge on any atom is 0.326 e. The third-order valence-electron chi connectivity index (χ3n) is 1.63. The molecule has 0 aromatic heterocycles. The Morgan fingerprint density at radius 2 is 2.33 bits per heavy atom. The number of nitriles is 1. The van der Waals surface area contributed by atoms with E-state index in [0.29, 0.717) is 6.42 Å². The highest BCUT2D eigenvalue weighted by atomic mass is 16.4. The minimum absolute atomic E-state index is 0.525. The van der Waals surface area contributed by atoms with Gasteiger partial charge in [0.1, 0.15) is 6.04 Å². The highest BCUT2D eigenvalue weighted by Crippen LogP contribution is 2.03. The van der Waals surface area contributed by atoms with E-state index in [1.807, 2.05) is 6.92 Å². The summed E-state index contributed by atoms with van der Waals surface area (Å²) in [5.74, 6) is -0.951. The van der Waals surface area contributed by atoms with Gasteiger partial charge >= 0.3 is 5.97 Å². The number of nitrogens with zero attached hydrogens (tertiary/aromatic N) is 1. The number of carbonyl (C=O) groups is 1. The minimum Gasteiger partial charge on any atom is -0.480 e. The van der Waals surface area contributed by atoms with Gasteiger partial charge in [-0.1, -0.05) is 26.2 Å². The van der Waals surface area contributed by atoms with Gasteiger partial charge in [0.05, 0.1) is 0 Å². The molecular weight excluding hydrogens is 156 g/mol. The van der Waals surface area contributed by atoms with Gasteiger partial charge in [0.15, 0.2) is 6.19 Å². The fourth-order valence-corrected chi connectivity index (χ4v) is 0.934. The smallest absolute Gasteiger partial charge is 0.326 e. The Morgan fingerprint density at radius 3 is 2.75 bits per heavy atom. The minimum atomic E-state index is -0.951. The summed E-state index contributed by atoms with van der Waals surface area (Å²) in [6.45, 7) is 2.05. The number of carboxylic acids is 1. The molecule has 0 spiro atoms. The molecule has 0 saturated heterocycles. The van der Waals surface area contributed by atoms with E-state index in [1.54, 1.807) is 6.19 Å². The molecule has 0 aromatic rings. The lowest BCUT2D eigenvalue weighted by Gasteiger charge is -2.08. The predicted octanol–water partition coefficient (Wildman–Crippen LogP) is 1.09. The van der Waals surface area contributed by atoms with Gasteiger partial charge in [0.25, 0.3) is 0 Å². The monoisotopic (exact) mass is 170 g/mol. The van der Waals surface area contributed by atoms with Gasteiger partial charge in [-0.3, -0.25) is 0 Å². The lowest BCUT2D eigenvalue weighted by atomic mass is 10.1. The molecule has 0 aliphatic rings. The topological polar surface area (TPSA) is 73.1 Å². The number of rotatable bonds is 6. The SMILES string of the molecule is CCCCC[C@H](NC#N)C(=O)O. The molecule has 0 aliphatic carbocycles. The third kappa shape index (κ3) is 4.56. The second-order valence-corrected chi connectivity index (χ2v) is 2.64. The van der Waals surface area contributed by atoms with Crippen molar-refractivity contribution in [1.82, 2.24) is 5.32 Å². The van der Waals surface area contributed by atoms with Crippen LogP contribution >= 0.6 is 0 Å². The molecule has 0 aliphatic heterocycles. The summed E-state index contributed by atoms with van der Waals surface area (Å²) in [6.07, 6.45) is 5.08. The van der Waals surface area contributed by atoms with Crippen LogP contribution < -0.4 is 5.32 Å². The Hall–Kier alpha value is -1.24. The molecule has 4 heteroatoms. The van der Waals surface area contributed by atoms with Gasteiger partial charge in [-0.2, -0.15) is 5.26 Å². The van der Waals surface area contributed by atoms with E-state index in [-0.39, 0.29) is 0 Å². The lowest BCUT2D eigenvalue weighted by molar-refractivity contribution is -0.139. The number of nitrogens with one attached hydrogen (secondary N) is 1. The summed E-state index contributed by atoms with van der Waals surface area (Å²) in [5, 5.41) is 19.1. The summed E-state index contributed by atoms with van der Waals surface area (Å²) < 4.78 is 0. The first-order valence-corrected chi connectivity index (χ1v) is 4.09. The molecule has 4 nitrogen and oxygen atoms in total. The van der Waals surface area contributed by atoms with Crippen LogP contribution in [0.25, 0.3) is 0 Å². The molecule has 0 saturated carbocycles. The Balaban J connectivity index is 3.65. The van der Waals surface area contributed by atoms with E-state index in [2.05, 4.69) is 5.32 Å². The molecule has 0 heterocycles.